The summed E-state index contributed by atoms with van der Waals surface area (Å²) in [7, 11) is 0. The first-order chi connectivity index (χ1) is 9.90. The Bertz CT molecular complexity index is 726. The number of rotatable bonds is 4. The Morgan fingerprint density at radius 2 is 1.62 bits per heavy atom. The van der Waals surface area contributed by atoms with Crippen LogP contribution >= 0.6 is 0 Å². The first-order valence-electron chi connectivity index (χ1n) is 6.12. The lowest BCUT2D eigenvalue weighted by Gasteiger charge is -2.10. The third-order valence-corrected chi connectivity index (χ3v) is 3.17. The molecular formula is C15H14N2O4. The molecule has 108 valence electrons. The van der Waals surface area contributed by atoms with Crippen molar-refractivity contribution in [2.24, 2.45) is 0 Å². The van der Waals surface area contributed by atoms with Gasteiger partial charge in [-0.2, -0.15) is 0 Å². The van der Waals surface area contributed by atoms with Crippen molar-refractivity contribution in [3.63, 3.8) is 0 Å². The number of hydrogen-bond donors (Lipinski definition) is 4. The Morgan fingerprint density at radius 1 is 0.952 bits per heavy atom. The van der Waals surface area contributed by atoms with Gasteiger partial charge in [-0.25, -0.2) is 9.59 Å². The van der Waals surface area contributed by atoms with Crippen molar-refractivity contribution in [1.82, 2.24) is 0 Å². The van der Waals surface area contributed by atoms with E-state index in [1.807, 2.05) is 0 Å². The van der Waals surface area contributed by atoms with Gasteiger partial charge in [-0.1, -0.05) is 18.2 Å². The molecule has 0 unspecified atom stereocenters. The number of carbonyl (C=O) groups is 2. The van der Waals surface area contributed by atoms with Gasteiger partial charge in [-0.05, 0) is 35.7 Å². The van der Waals surface area contributed by atoms with Gasteiger partial charge in [0.25, 0.3) is 0 Å². The minimum atomic E-state index is -1.11. The summed E-state index contributed by atoms with van der Waals surface area (Å²) < 4.78 is 0. The molecule has 0 aliphatic carbocycles. The van der Waals surface area contributed by atoms with Crippen molar-refractivity contribution in [2.45, 2.75) is 6.42 Å². The van der Waals surface area contributed by atoms with Crippen molar-refractivity contribution < 1.29 is 19.8 Å². The normalized spacial score (nSPS) is 10.3. The van der Waals surface area contributed by atoms with Crippen LogP contribution in [0.3, 0.4) is 0 Å². The van der Waals surface area contributed by atoms with Gasteiger partial charge in [-0.15, -0.1) is 0 Å². The molecule has 2 aromatic carbocycles. The smallest absolute Gasteiger partial charge is 0.337 e. The molecule has 0 fully saturated rings. The molecule has 0 spiro atoms. The van der Waals surface area contributed by atoms with E-state index in [0.717, 1.165) is 0 Å². The van der Waals surface area contributed by atoms with Gasteiger partial charge in [0.15, 0.2) is 0 Å². The number of anilines is 2. The van der Waals surface area contributed by atoms with Gasteiger partial charge in [0, 0.05) is 11.4 Å². The van der Waals surface area contributed by atoms with E-state index in [9.17, 15) is 9.59 Å². The van der Waals surface area contributed by atoms with Gasteiger partial charge in [-0.3, -0.25) is 0 Å². The quantitative estimate of drug-likeness (QED) is 0.635. The van der Waals surface area contributed by atoms with E-state index in [-0.39, 0.29) is 22.5 Å². The summed E-state index contributed by atoms with van der Waals surface area (Å²) in [5.41, 5.74) is 13.1. The Morgan fingerprint density at radius 3 is 2.24 bits per heavy atom. The number of carboxylic acids is 2. The topological polar surface area (TPSA) is 127 Å². The number of benzene rings is 2. The molecule has 0 saturated heterocycles. The molecule has 6 nitrogen and oxygen atoms in total. The van der Waals surface area contributed by atoms with Crippen LogP contribution in [-0.2, 0) is 6.42 Å². The fourth-order valence-corrected chi connectivity index (χ4v) is 2.07. The molecule has 6 heteroatoms. The van der Waals surface area contributed by atoms with Gasteiger partial charge in [0.1, 0.15) is 0 Å². The number of para-hydroxylation sites is 1. The van der Waals surface area contributed by atoms with Crippen LogP contribution in [0.15, 0.2) is 36.4 Å². The molecule has 6 N–H and O–H groups in total. The lowest BCUT2D eigenvalue weighted by atomic mass is 9.98. The molecule has 0 amide bonds. The standard InChI is InChI=1S/C15H14N2O4/c16-12-5-4-8(7-11(12)15(20)21)6-9-2-1-3-10(13(9)17)14(18)19/h1-5,7H,6,16-17H2,(H,18,19)(H,20,21). The predicted octanol–water partition coefficient (Wildman–Crippen LogP) is 1.84. The molecule has 0 heterocycles. The van der Waals surface area contributed by atoms with Crippen LogP contribution in [-0.4, -0.2) is 22.2 Å². The van der Waals surface area contributed by atoms with Crippen molar-refractivity contribution in [1.29, 1.82) is 0 Å². The number of aromatic carboxylic acids is 2. The highest BCUT2D eigenvalue weighted by molar-refractivity contribution is 5.95. The lowest BCUT2D eigenvalue weighted by molar-refractivity contribution is 0.0687. The van der Waals surface area contributed by atoms with Gasteiger partial charge in [0.2, 0.25) is 0 Å². The molecule has 21 heavy (non-hydrogen) atoms. The monoisotopic (exact) mass is 286 g/mol. The van der Waals surface area contributed by atoms with Crippen molar-refractivity contribution in [3.05, 3.63) is 58.7 Å². The second kappa shape index (κ2) is 5.54. The van der Waals surface area contributed by atoms with Crippen molar-refractivity contribution in [3.8, 4) is 0 Å². The Hall–Kier alpha value is -3.02. The average Bonchev–Trinajstić information content (AvgIpc) is 2.42. The minimum absolute atomic E-state index is 0.0143. The average molecular weight is 286 g/mol. The van der Waals surface area contributed by atoms with Crippen LogP contribution in [0.1, 0.15) is 31.8 Å². The summed E-state index contributed by atoms with van der Waals surface area (Å²) in [6.07, 6.45) is 0.327. The van der Waals surface area contributed by atoms with Gasteiger partial charge < -0.3 is 21.7 Å². The zero-order valence-corrected chi connectivity index (χ0v) is 11.0. The van der Waals surface area contributed by atoms with Gasteiger partial charge in [0.05, 0.1) is 11.1 Å². The van der Waals surface area contributed by atoms with Crippen molar-refractivity contribution >= 4 is 23.3 Å². The fraction of sp³-hybridized carbons (Fsp3) is 0.0667. The Balaban J connectivity index is 2.39. The zero-order chi connectivity index (χ0) is 15.6. The van der Waals surface area contributed by atoms with Gasteiger partial charge >= 0.3 is 11.9 Å². The van der Waals surface area contributed by atoms with E-state index in [1.165, 1.54) is 18.2 Å². The molecule has 0 saturated carbocycles. The molecular weight excluding hydrogens is 272 g/mol. The first-order valence-corrected chi connectivity index (χ1v) is 6.12. The third-order valence-electron chi connectivity index (χ3n) is 3.17. The maximum absolute atomic E-state index is 11.1. The van der Waals surface area contributed by atoms with E-state index in [1.54, 1.807) is 18.2 Å². The van der Waals surface area contributed by atoms with Crippen LogP contribution < -0.4 is 11.5 Å². The minimum Gasteiger partial charge on any atom is -0.478 e. The third kappa shape index (κ3) is 2.94. The van der Waals surface area contributed by atoms with E-state index >= 15 is 0 Å². The Kier molecular flexibility index (Phi) is 3.80. The molecule has 2 rings (SSSR count). The molecule has 0 aliphatic heterocycles. The first kappa shape index (κ1) is 14.4. The van der Waals surface area contributed by atoms with Crippen LogP contribution in [0.2, 0.25) is 0 Å². The fourth-order valence-electron chi connectivity index (χ4n) is 2.07. The number of hydrogen-bond acceptors (Lipinski definition) is 4. The maximum atomic E-state index is 11.1. The van der Waals surface area contributed by atoms with Crippen LogP contribution in [0.5, 0.6) is 0 Å². The van der Waals surface area contributed by atoms with Crippen LogP contribution in [0.4, 0.5) is 11.4 Å². The summed E-state index contributed by atoms with van der Waals surface area (Å²) in [5, 5.41) is 18.1. The van der Waals surface area contributed by atoms with E-state index in [0.29, 0.717) is 17.5 Å². The molecule has 0 bridgehead atoms. The van der Waals surface area contributed by atoms with E-state index < -0.39 is 11.9 Å². The molecule has 0 atom stereocenters. The molecule has 0 aliphatic rings. The number of nitrogen functional groups attached to an aromatic ring is 2. The summed E-state index contributed by atoms with van der Waals surface area (Å²) >= 11 is 0. The maximum Gasteiger partial charge on any atom is 0.337 e. The number of nitrogens with two attached hydrogens (primary N) is 2. The second-order valence-electron chi connectivity index (χ2n) is 4.59. The highest BCUT2D eigenvalue weighted by Gasteiger charge is 2.13. The lowest BCUT2D eigenvalue weighted by Crippen LogP contribution is -2.07. The van der Waals surface area contributed by atoms with E-state index in [4.69, 9.17) is 21.7 Å². The predicted molar refractivity (Wildman–Crippen MR) is 78.4 cm³/mol. The zero-order valence-electron chi connectivity index (χ0n) is 11.0. The van der Waals surface area contributed by atoms with Crippen LogP contribution in [0, 0.1) is 0 Å². The van der Waals surface area contributed by atoms with E-state index in [2.05, 4.69) is 0 Å². The molecule has 2 aromatic rings. The highest BCUT2D eigenvalue weighted by Crippen LogP contribution is 2.23. The Labute approximate surface area is 120 Å². The summed E-state index contributed by atoms with van der Waals surface area (Å²) in [6, 6.07) is 9.39. The molecule has 0 aromatic heterocycles. The highest BCUT2D eigenvalue weighted by atomic mass is 16.4. The largest absolute Gasteiger partial charge is 0.478 e. The summed E-state index contributed by atoms with van der Waals surface area (Å²) in [4.78, 5) is 22.1. The molecule has 0 radical (unpaired) electrons. The summed E-state index contributed by atoms with van der Waals surface area (Å²) in [6.45, 7) is 0. The van der Waals surface area contributed by atoms with Crippen LogP contribution in [0.25, 0.3) is 0 Å². The summed E-state index contributed by atoms with van der Waals surface area (Å²) in [5.74, 6) is -2.21. The SMILES string of the molecule is Nc1ccc(Cc2cccc(C(=O)O)c2N)cc1C(=O)O. The second-order valence-corrected chi connectivity index (χ2v) is 4.59. The van der Waals surface area contributed by atoms with Crippen molar-refractivity contribution in [2.75, 3.05) is 11.5 Å². The number of carboxylic acid groups (broad SMARTS) is 2.